The molecule has 0 bridgehead atoms. The molecular formula is C19H16Cl2N4O. The summed E-state index contributed by atoms with van der Waals surface area (Å²) < 4.78 is 0. The summed E-state index contributed by atoms with van der Waals surface area (Å²) >= 11 is 12.1. The first kappa shape index (κ1) is 18.2. The van der Waals surface area contributed by atoms with Crippen LogP contribution in [0.5, 0.6) is 0 Å². The quantitative estimate of drug-likeness (QED) is 0.500. The second-order valence-electron chi connectivity index (χ2n) is 5.80. The number of H-pyrrole nitrogens is 1. The lowest BCUT2D eigenvalue weighted by Gasteiger charge is -2.02. The highest BCUT2D eigenvalue weighted by atomic mass is 35.5. The van der Waals surface area contributed by atoms with Crippen LogP contribution in [0.4, 0.5) is 0 Å². The molecule has 7 heteroatoms. The average Bonchev–Trinajstić information content (AvgIpc) is 3.10. The van der Waals surface area contributed by atoms with Crippen molar-refractivity contribution in [3.63, 3.8) is 0 Å². The van der Waals surface area contributed by atoms with Crippen molar-refractivity contribution in [1.29, 1.82) is 0 Å². The zero-order valence-corrected chi connectivity index (χ0v) is 15.7. The number of aromatic amines is 1. The summed E-state index contributed by atoms with van der Waals surface area (Å²) in [6, 6.07) is 12.8. The van der Waals surface area contributed by atoms with Crippen LogP contribution in [0.1, 0.15) is 27.2 Å². The van der Waals surface area contributed by atoms with Gasteiger partial charge in [0.1, 0.15) is 5.69 Å². The van der Waals surface area contributed by atoms with E-state index in [0.717, 1.165) is 11.1 Å². The van der Waals surface area contributed by atoms with Crippen molar-refractivity contribution in [3.05, 3.63) is 74.9 Å². The van der Waals surface area contributed by atoms with E-state index in [9.17, 15) is 4.79 Å². The normalized spacial score (nSPS) is 11.1. The number of hydrogen-bond acceptors (Lipinski definition) is 3. The third-order valence-electron chi connectivity index (χ3n) is 3.98. The number of carbonyl (C=O) groups is 1. The van der Waals surface area contributed by atoms with Gasteiger partial charge in [0.2, 0.25) is 0 Å². The number of amides is 1. The molecule has 132 valence electrons. The van der Waals surface area contributed by atoms with Gasteiger partial charge in [-0.05, 0) is 49.2 Å². The fourth-order valence-electron chi connectivity index (χ4n) is 2.34. The molecule has 0 saturated carbocycles. The molecule has 3 rings (SSSR count). The largest absolute Gasteiger partial charge is 0.289 e. The van der Waals surface area contributed by atoms with Gasteiger partial charge in [-0.1, -0.05) is 41.4 Å². The lowest BCUT2D eigenvalue weighted by molar-refractivity contribution is 0.0950. The Bertz CT molecular complexity index is 975. The maximum atomic E-state index is 12.2. The van der Waals surface area contributed by atoms with Crippen LogP contribution < -0.4 is 5.43 Å². The number of rotatable bonds is 4. The van der Waals surface area contributed by atoms with Crippen molar-refractivity contribution in [2.24, 2.45) is 5.10 Å². The molecule has 0 fully saturated rings. The highest BCUT2D eigenvalue weighted by molar-refractivity contribution is 6.38. The van der Waals surface area contributed by atoms with Crippen molar-refractivity contribution < 1.29 is 4.79 Å². The second kappa shape index (κ2) is 7.72. The van der Waals surface area contributed by atoms with Crippen LogP contribution in [-0.4, -0.2) is 22.3 Å². The molecule has 0 aliphatic carbocycles. The van der Waals surface area contributed by atoms with Crippen molar-refractivity contribution in [2.75, 3.05) is 0 Å². The Balaban J connectivity index is 1.72. The number of aryl methyl sites for hydroxylation is 2. The molecule has 0 aliphatic rings. The highest BCUT2D eigenvalue weighted by Gasteiger charge is 2.11. The minimum Gasteiger partial charge on any atom is -0.272 e. The molecule has 5 nitrogen and oxygen atoms in total. The Morgan fingerprint density at radius 2 is 1.85 bits per heavy atom. The van der Waals surface area contributed by atoms with Crippen LogP contribution in [0.15, 0.2) is 47.6 Å². The van der Waals surface area contributed by atoms with Crippen LogP contribution in [0, 0.1) is 13.8 Å². The summed E-state index contributed by atoms with van der Waals surface area (Å²) in [7, 11) is 0. The number of nitrogens with one attached hydrogen (secondary N) is 2. The molecule has 1 aromatic heterocycles. The van der Waals surface area contributed by atoms with Crippen LogP contribution in [0.2, 0.25) is 10.0 Å². The van der Waals surface area contributed by atoms with Gasteiger partial charge in [-0.15, -0.1) is 0 Å². The van der Waals surface area contributed by atoms with Crippen molar-refractivity contribution >= 4 is 35.3 Å². The second-order valence-corrected chi connectivity index (χ2v) is 6.61. The molecule has 2 N–H and O–H groups in total. The lowest BCUT2D eigenvalue weighted by Crippen LogP contribution is -2.18. The molecule has 0 atom stereocenters. The predicted octanol–water partition coefficient (Wildman–Crippen LogP) is 4.76. The molecule has 3 aromatic rings. The summed E-state index contributed by atoms with van der Waals surface area (Å²) in [5, 5.41) is 11.7. The zero-order valence-electron chi connectivity index (χ0n) is 14.2. The standard InChI is InChI=1S/C19H16Cl2N4O/c1-11-6-7-13(8-12(11)2)17-9-18(24-23-17)19(26)25-22-10-14-15(20)4-3-5-16(14)21/h3-10H,1-2H3,(H,23,24)(H,25,26)/b22-10+. The van der Waals surface area contributed by atoms with Gasteiger partial charge < -0.3 is 0 Å². The van der Waals surface area contributed by atoms with E-state index in [1.54, 1.807) is 24.3 Å². The third-order valence-corrected chi connectivity index (χ3v) is 4.64. The molecule has 26 heavy (non-hydrogen) atoms. The Labute approximate surface area is 161 Å². The molecule has 2 aromatic carbocycles. The predicted molar refractivity (Wildman–Crippen MR) is 105 cm³/mol. The van der Waals surface area contributed by atoms with Crippen LogP contribution in [0.25, 0.3) is 11.3 Å². The fourth-order valence-corrected chi connectivity index (χ4v) is 2.83. The lowest BCUT2D eigenvalue weighted by atomic mass is 10.0. The topological polar surface area (TPSA) is 70.1 Å². The summed E-state index contributed by atoms with van der Waals surface area (Å²) in [4.78, 5) is 12.2. The Hall–Kier alpha value is -2.63. The molecule has 1 heterocycles. The Kier molecular flexibility index (Phi) is 5.40. The Morgan fingerprint density at radius 1 is 1.12 bits per heavy atom. The number of nitrogens with zero attached hydrogens (tertiary/aromatic N) is 2. The van der Waals surface area contributed by atoms with E-state index in [4.69, 9.17) is 23.2 Å². The van der Waals surface area contributed by atoms with E-state index in [1.165, 1.54) is 11.8 Å². The first-order valence-corrected chi connectivity index (χ1v) is 8.62. The van der Waals surface area contributed by atoms with Crippen LogP contribution >= 0.6 is 23.2 Å². The van der Waals surface area contributed by atoms with Crippen molar-refractivity contribution in [1.82, 2.24) is 15.6 Å². The fraction of sp³-hybridized carbons (Fsp3) is 0.105. The monoisotopic (exact) mass is 386 g/mol. The van der Waals surface area contributed by atoms with Gasteiger partial charge in [0.25, 0.3) is 5.91 Å². The minimum atomic E-state index is -0.410. The van der Waals surface area contributed by atoms with E-state index in [-0.39, 0.29) is 0 Å². The van der Waals surface area contributed by atoms with Gasteiger partial charge in [0.05, 0.1) is 22.0 Å². The van der Waals surface area contributed by atoms with Crippen LogP contribution in [0.3, 0.4) is 0 Å². The SMILES string of the molecule is Cc1ccc(-c2cc(C(=O)N/N=C/c3c(Cl)cccc3Cl)[nH]n2)cc1C. The van der Waals surface area contributed by atoms with Gasteiger partial charge in [-0.25, -0.2) is 5.43 Å². The molecular weight excluding hydrogens is 371 g/mol. The highest BCUT2D eigenvalue weighted by Crippen LogP contribution is 2.22. The molecule has 0 radical (unpaired) electrons. The van der Waals surface area contributed by atoms with E-state index < -0.39 is 5.91 Å². The third kappa shape index (κ3) is 3.95. The van der Waals surface area contributed by atoms with Gasteiger partial charge in [-0.2, -0.15) is 10.2 Å². The molecule has 0 spiro atoms. The summed E-state index contributed by atoms with van der Waals surface area (Å²) in [6.45, 7) is 4.08. The van der Waals surface area contributed by atoms with Gasteiger partial charge in [0.15, 0.2) is 0 Å². The maximum absolute atomic E-state index is 12.2. The number of hydrogen-bond donors (Lipinski definition) is 2. The average molecular weight is 387 g/mol. The van der Waals surface area contributed by atoms with E-state index in [0.29, 0.717) is 27.0 Å². The van der Waals surface area contributed by atoms with Gasteiger partial charge >= 0.3 is 0 Å². The number of carbonyl (C=O) groups excluding carboxylic acids is 1. The van der Waals surface area contributed by atoms with Gasteiger partial charge in [0, 0.05) is 11.1 Å². The summed E-state index contributed by atoms with van der Waals surface area (Å²) in [5.74, 6) is -0.410. The van der Waals surface area contributed by atoms with Crippen LogP contribution in [-0.2, 0) is 0 Å². The molecule has 0 aliphatic heterocycles. The molecule has 0 saturated heterocycles. The maximum Gasteiger partial charge on any atom is 0.289 e. The van der Waals surface area contributed by atoms with Crippen molar-refractivity contribution in [2.45, 2.75) is 13.8 Å². The summed E-state index contributed by atoms with van der Waals surface area (Å²) in [6.07, 6.45) is 1.41. The zero-order chi connectivity index (χ0) is 18.7. The number of hydrazone groups is 1. The minimum absolute atomic E-state index is 0.306. The summed E-state index contributed by atoms with van der Waals surface area (Å²) in [5.41, 5.74) is 7.27. The molecule has 1 amide bonds. The number of aromatic nitrogens is 2. The number of halogens is 2. The van der Waals surface area contributed by atoms with Gasteiger partial charge in [-0.3, -0.25) is 9.89 Å². The number of benzene rings is 2. The Morgan fingerprint density at radius 3 is 2.54 bits per heavy atom. The molecule has 0 unspecified atom stereocenters. The smallest absolute Gasteiger partial charge is 0.272 e. The van der Waals surface area contributed by atoms with E-state index >= 15 is 0 Å². The van der Waals surface area contributed by atoms with E-state index in [1.807, 2.05) is 32.0 Å². The first-order chi connectivity index (χ1) is 12.5. The first-order valence-electron chi connectivity index (χ1n) is 7.86. The van der Waals surface area contributed by atoms with Crippen molar-refractivity contribution in [3.8, 4) is 11.3 Å². The van der Waals surface area contributed by atoms with E-state index in [2.05, 4.69) is 20.7 Å².